The number of nitrogens with zero attached hydrogens (tertiary/aromatic N) is 1. The van der Waals surface area contributed by atoms with Gasteiger partial charge in [0.2, 0.25) is 0 Å². The van der Waals surface area contributed by atoms with Gasteiger partial charge in [-0.1, -0.05) is 41.9 Å². The van der Waals surface area contributed by atoms with E-state index in [9.17, 15) is 9.90 Å². The van der Waals surface area contributed by atoms with Crippen LogP contribution in [0.15, 0.2) is 42.6 Å². The normalized spacial score (nSPS) is 12.1. The number of carbonyl (C=O) groups excluding carboxylic acids is 1. The number of ketones is 1. The summed E-state index contributed by atoms with van der Waals surface area (Å²) in [6.07, 6.45) is 0.0801. The molecule has 1 atom stereocenters. The lowest BCUT2D eigenvalue weighted by Crippen LogP contribution is -2.14. The van der Waals surface area contributed by atoms with Crippen molar-refractivity contribution >= 4 is 23.2 Å². The molecule has 18 heavy (non-hydrogen) atoms. The second-order valence-corrected chi connectivity index (χ2v) is 4.20. The van der Waals surface area contributed by atoms with Gasteiger partial charge in [-0.15, -0.1) is 0 Å². The highest BCUT2D eigenvalue weighted by Gasteiger charge is 2.21. The van der Waals surface area contributed by atoms with Crippen molar-refractivity contribution in [1.29, 1.82) is 0 Å². The van der Waals surface area contributed by atoms with Crippen molar-refractivity contribution < 1.29 is 9.90 Å². The average Bonchev–Trinajstić information content (AvgIpc) is 2.41. The van der Waals surface area contributed by atoms with Crippen molar-refractivity contribution in [3.63, 3.8) is 0 Å². The minimum absolute atomic E-state index is 0.0550. The van der Waals surface area contributed by atoms with Gasteiger partial charge in [-0.2, -0.15) is 0 Å². The molecule has 0 saturated heterocycles. The number of aliphatic hydroxyl groups is 1. The summed E-state index contributed by atoms with van der Waals surface area (Å²) < 4.78 is 0. The number of carbonyl (C=O) groups is 1. The lowest BCUT2D eigenvalue weighted by molar-refractivity contribution is 0.0748. The lowest BCUT2D eigenvalue weighted by atomic mass is 10.0. The molecule has 0 saturated carbocycles. The summed E-state index contributed by atoms with van der Waals surface area (Å²) in [7, 11) is 0. The molecule has 1 aromatic heterocycles. The smallest absolute Gasteiger partial charge is 0.199 e. The third-order valence-electron chi connectivity index (χ3n) is 2.51. The summed E-state index contributed by atoms with van der Waals surface area (Å²) >= 11 is 5.76. The maximum absolute atomic E-state index is 12.1. The zero-order valence-electron chi connectivity index (χ0n) is 9.38. The Morgan fingerprint density at radius 1 is 1.33 bits per heavy atom. The van der Waals surface area contributed by atoms with Crippen LogP contribution in [0.2, 0.25) is 5.02 Å². The van der Waals surface area contributed by atoms with E-state index in [1.165, 1.54) is 12.3 Å². The van der Waals surface area contributed by atoms with E-state index in [2.05, 4.69) is 4.98 Å². The monoisotopic (exact) mass is 262 g/mol. The molecule has 0 radical (unpaired) electrons. The Morgan fingerprint density at radius 2 is 2.00 bits per heavy atom. The number of pyridine rings is 1. The van der Waals surface area contributed by atoms with Gasteiger partial charge in [0.15, 0.2) is 5.78 Å². The van der Waals surface area contributed by atoms with Crippen molar-refractivity contribution in [2.75, 3.05) is 5.73 Å². The number of rotatable bonds is 3. The first-order chi connectivity index (χ1) is 8.59. The molecule has 0 amide bonds. The molecule has 92 valence electrons. The Hall–Kier alpha value is -1.91. The van der Waals surface area contributed by atoms with E-state index < -0.39 is 11.9 Å². The first-order valence-corrected chi connectivity index (χ1v) is 5.65. The molecule has 3 N–H and O–H groups in total. The summed E-state index contributed by atoms with van der Waals surface area (Å²) in [4.78, 5) is 15.9. The van der Waals surface area contributed by atoms with Crippen LogP contribution in [0.4, 0.5) is 5.82 Å². The lowest BCUT2D eigenvalue weighted by Gasteiger charge is -2.11. The highest BCUT2D eigenvalue weighted by atomic mass is 35.5. The standard InChI is InChI=1S/C13H11ClN2O2/c14-9-6-10(13(15)16-7-9)12(18)11(17)8-4-2-1-3-5-8/h1-7,11,17H,(H2,15,16). The number of halogens is 1. The molecule has 0 aliphatic rings. The van der Waals surface area contributed by atoms with Crippen molar-refractivity contribution in [3.8, 4) is 0 Å². The molecule has 1 aromatic carbocycles. The van der Waals surface area contributed by atoms with E-state index in [0.717, 1.165) is 0 Å². The maximum Gasteiger partial charge on any atom is 0.199 e. The molecule has 4 nitrogen and oxygen atoms in total. The van der Waals surface area contributed by atoms with Crippen molar-refractivity contribution in [3.05, 3.63) is 58.7 Å². The predicted octanol–water partition coefficient (Wildman–Crippen LogP) is 2.23. The summed E-state index contributed by atoms with van der Waals surface area (Å²) in [5, 5.41) is 10.3. The van der Waals surface area contributed by atoms with Gasteiger partial charge >= 0.3 is 0 Å². The van der Waals surface area contributed by atoms with Gasteiger partial charge in [0.1, 0.15) is 11.9 Å². The van der Waals surface area contributed by atoms with E-state index in [4.69, 9.17) is 17.3 Å². The van der Waals surface area contributed by atoms with Crippen LogP contribution in [0.1, 0.15) is 22.0 Å². The van der Waals surface area contributed by atoms with E-state index in [1.54, 1.807) is 30.3 Å². The second kappa shape index (κ2) is 5.16. The van der Waals surface area contributed by atoms with E-state index in [-0.39, 0.29) is 11.4 Å². The summed E-state index contributed by atoms with van der Waals surface area (Å²) in [5.74, 6) is -0.465. The highest BCUT2D eigenvalue weighted by molar-refractivity contribution is 6.31. The second-order valence-electron chi connectivity index (χ2n) is 3.76. The number of benzene rings is 1. The zero-order valence-corrected chi connectivity index (χ0v) is 10.1. The number of aliphatic hydroxyl groups excluding tert-OH is 1. The third kappa shape index (κ3) is 2.50. The van der Waals surface area contributed by atoms with Gasteiger partial charge in [0.05, 0.1) is 10.6 Å². The molecule has 2 rings (SSSR count). The van der Waals surface area contributed by atoms with Crippen LogP contribution in [-0.4, -0.2) is 15.9 Å². The van der Waals surface area contributed by atoms with Crippen LogP contribution >= 0.6 is 11.6 Å². The van der Waals surface area contributed by atoms with Crippen molar-refractivity contribution in [1.82, 2.24) is 4.98 Å². The van der Waals surface area contributed by atoms with E-state index in [0.29, 0.717) is 10.6 Å². The predicted molar refractivity (Wildman–Crippen MR) is 69.4 cm³/mol. The van der Waals surface area contributed by atoms with Crippen LogP contribution in [-0.2, 0) is 0 Å². The van der Waals surface area contributed by atoms with E-state index in [1.807, 2.05) is 0 Å². The minimum Gasteiger partial charge on any atom is -0.383 e. The average molecular weight is 263 g/mol. The first kappa shape index (κ1) is 12.5. The van der Waals surface area contributed by atoms with Gasteiger partial charge in [-0.25, -0.2) is 4.98 Å². The van der Waals surface area contributed by atoms with Gasteiger partial charge in [-0.05, 0) is 11.6 Å². The maximum atomic E-state index is 12.1. The van der Waals surface area contributed by atoms with Gasteiger partial charge in [0, 0.05) is 6.20 Å². The van der Waals surface area contributed by atoms with Crippen molar-refractivity contribution in [2.24, 2.45) is 0 Å². The van der Waals surface area contributed by atoms with Gasteiger partial charge < -0.3 is 10.8 Å². The van der Waals surface area contributed by atoms with Crippen LogP contribution in [0.3, 0.4) is 0 Å². The topological polar surface area (TPSA) is 76.2 Å². The Morgan fingerprint density at radius 3 is 2.67 bits per heavy atom. The minimum atomic E-state index is -1.27. The number of hydrogen-bond donors (Lipinski definition) is 2. The van der Waals surface area contributed by atoms with Crippen LogP contribution < -0.4 is 5.73 Å². The van der Waals surface area contributed by atoms with Crippen LogP contribution in [0.25, 0.3) is 0 Å². The molecule has 0 fully saturated rings. The third-order valence-corrected chi connectivity index (χ3v) is 2.72. The molecular weight excluding hydrogens is 252 g/mol. The molecule has 2 aromatic rings. The fourth-order valence-corrected chi connectivity index (χ4v) is 1.74. The Kier molecular flexibility index (Phi) is 3.60. The fraction of sp³-hybridized carbons (Fsp3) is 0.0769. The fourth-order valence-electron chi connectivity index (χ4n) is 1.58. The number of aromatic nitrogens is 1. The Balaban J connectivity index is 2.34. The Bertz CT molecular complexity index is 572. The number of hydrogen-bond acceptors (Lipinski definition) is 4. The molecule has 1 unspecified atom stereocenters. The zero-order chi connectivity index (χ0) is 13.1. The largest absolute Gasteiger partial charge is 0.383 e. The van der Waals surface area contributed by atoms with Crippen LogP contribution in [0, 0.1) is 0 Å². The molecule has 5 heteroatoms. The molecule has 1 heterocycles. The first-order valence-electron chi connectivity index (χ1n) is 5.28. The SMILES string of the molecule is Nc1ncc(Cl)cc1C(=O)C(O)c1ccccc1. The number of nitrogen functional groups attached to an aromatic ring is 1. The number of Topliss-reactive ketones (excluding diaryl/α,β-unsaturated/α-hetero) is 1. The molecule has 0 aliphatic heterocycles. The molecule has 0 bridgehead atoms. The molecule has 0 spiro atoms. The summed E-state index contributed by atoms with van der Waals surface area (Å²) in [5.41, 5.74) is 6.23. The summed E-state index contributed by atoms with van der Waals surface area (Å²) in [6.45, 7) is 0. The Labute approximate surface area is 109 Å². The van der Waals surface area contributed by atoms with Gasteiger partial charge in [0.25, 0.3) is 0 Å². The van der Waals surface area contributed by atoms with E-state index >= 15 is 0 Å². The number of anilines is 1. The quantitative estimate of drug-likeness (QED) is 0.832. The van der Waals surface area contributed by atoms with Crippen LogP contribution in [0.5, 0.6) is 0 Å². The molecular formula is C13H11ClN2O2. The number of nitrogens with two attached hydrogens (primary N) is 1. The molecule has 0 aliphatic carbocycles. The van der Waals surface area contributed by atoms with Gasteiger partial charge in [-0.3, -0.25) is 4.79 Å². The summed E-state index contributed by atoms with van der Waals surface area (Å²) in [6, 6.07) is 10.0. The highest BCUT2D eigenvalue weighted by Crippen LogP contribution is 2.22. The van der Waals surface area contributed by atoms with Crippen molar-refractivity contribution in [2.45, 2.75) is 6.10 Å².